The summed E-state index contributed by atoms with van der Waals surface area (Å²) >= 11 is 0. The minimum Gasteiger partial charge on any atom is -0.350 e. The van der Waals surface area contributed by atoms with Crippen LogP contribution in [0, 0.1) is 13.8 Å². The standard InChI is InChI=1S/C23H28N4O3/c1-13-11-15(23(3,4)5)12-14(2)16(13)9-10-24-21(29)18-8-7-17-19(25-18)27(6)22(30)26-20(17)28/h7-8,11-12H,9-10H2,1-6H3,(H,24,29)(H,26,28,30). The highest BCUT2D eigenvalue weighted by Crippen LogP contribution is 2.27. The molecule has 0 unspecified atom stereocenters. The number of aromatic nitrogens is 3. The van der Waals surface area contributed by atoms with Crippen LogP contribution in [-0.4, -0.2) is 27.0 Å². The van der Waals surface area contributed by atoms with E-state index in [0.29, 0.717) is 13.0 Å². The van der Waals surface area contributed by atoms with Crippen LogP contribution >= 0.6 is 0 Å². The second-order valence-electron chi connectivity index (χ2n) is 8.73. The van der Waals surface area contributed by atoms with Gasteiger partial charge in [-0.15, -0.1) is 0 Å². The summed E-state index contributed by atoms with van der Waals surface area (Å²) in [6, 6.07) is 7.43. The molecular formula is C23H28N4O3. The van der Waals surface area contributed by atoms with Gasteiger partial charge in [0.1, 0.15) is 11.3 Å². The van der Waals surface area contributed by atoms with E-state index >= 15 is 0 Å². The number of pyridine rings is 1. The zero-order chi connectivity index (χ0) is 22.2. The number of benzene rings is 1. The summed E-state index contributed by atoms with van der Waals surface area (Å²) in [6.07, 6.45) is 0.708. The second-order valence-corrected chi connectivity index (χ2v) is 8.73. The molecule has 2 heterocycles. The van der Waals surface area contributed by atoms with Crippen molar-refractivity contribution in [3.05, 3.63) is 73.1 Å². The van der Waals surface area contributed by atoms with Crippen LogP contribution in [0.5, 0.6) is 0 Å². The number of rotatable bonds is 4. The minimum atomic E-state index is -0.567. The third-order valence-electron chi connectivity index (χ3n) is 5.42. The minimum absolute atomic E-state index is 0.0891. The van der Waals surface area contributed by atoms with Gasteiger partial charge in [0.05, 0.1) is 5.39 Å². The van der Waals surface area contributed by atoms with Crippen molar-refractivity contribution in [3.63, 3.8) is 0 Å². The van der Waals surface area contributed by atoms with E-state index in [1.165, 1.54) is 46.0 Å². The van der Waals surface area contributed by atoms with E-state index in [-0.39, 0.29) is 28.0 Å². The molecule has 0 aliphatic carbocycles. The van der Waals surface area contributed by atoms with Crippen molar-refractivity contribution < 1.29 is 4.79 Å². The predicted octanol–water partition coefficient (Wildman–Crippen LogP) is 2.51. The van der Waals surface area contributed by atoms with Crippen LogP contribution in [0.1, 0.15) is 53.5 Å². The molecule has 0 fully saturated rings. The largest absolute Gasteiger partial charge is 0.350 e. The van der Waals surface area contributed by atoms with Gasteiger partial charge in [0.2, 0.25) is 0 Å². The van der Waals surface area contributed by atoms with Gasteiger partial charge < -0.3 is 5.32 Å². The molecule has 3 rings (SSSR count). The Balaban J connectivity index is 1.76. The monoisotopic (exact) mass is 408 g/mol. The molecule has 0 bridgehead atoms. The fraction of sp³-hybridized carbons (Fsp3) is 0.391. The molecule has 3 aromatic rings. The molecule has 2 N–H and O–H groups in total. The molecule has 0 aliphatic rings. The van der Waals surface area contributed by atoms with Crippen molar-refractivity contribution in [3.8, 4) is 0 Å². The Morgan fingerprint density at radius 1 is 1.13 bits per heavy atom. The Morgan fingerprint density at radius 2 is 1.77 bits per heavy atom. The molecule has 0 radical (unpaired) electrons. The van der Waals surface area contributed by atoms with Gasteiger partial charge in [0.15, 0.2) is 0 Å². The molecule has 0 spiro atoms. The summed E-state index contributed by atoms with van der Waals surface area (Å²) in [4.78, 5) is 42.7. The summed E-state index contributed by atoms with van der Waals surface area (Å²) in [6.45, 7) is 11.2. The van der Waals surface area contributed by atoms with E-state index in [0.717, 1.165) is 0 Å². The summed E-state index contributed by atoms with van der Waals surface area (Å²) < 4.78 is 1.22. The highest BCUT2D eigenvalue weighted by molar-refractivity contribution is 5.94. The van der Waals surface area contributed by atoms with E-state index < -0.39 is 11.2 Å². The molecule has 30 heavy (non-hydrogen) atoms. The number of carbonyl (C=O) groups excluding carboxylic acids is 1. The summed E-state index contributed by atoms with van der Waals surface area (Å²) in [5, 5.41) is 3.15. The number of hydrogen-bond donors (Lipinski definition) is 2. The molecule has 0 saturated carbocycles. The molecular weight excluding hydrogens is 380 g/mol. The maximum atomic E-state index is 12.6. The highest BCUT2D eigenvalue weighted by atomic mass is 16.2. The maximum absolute atomic E-state index is 12.6. The van der Waals surface area contributed by atoms with Crippen LogP contribution in [0.3, 0.4) is 0 Å². The quantitative estimate of drug-likeness (QED) is 0.693. The SMILES string of the molecule is Cc1cc(C(C)(C)C)cc(C)c1CCNC(=O)c1ccc2c(=O)[nH]c(=O)n(C)c2n1. The zero-order valence-electron chi connectivity index (χ0n) is 18.3. The van der Waals surface area contributed by atoms with E-state index in [1.807, 2.05) is 0 Å². The fourth-order valence-electron chi connectivity index (χ4n) is 3.56. The molecule has 0 saturated heterocycles. The van der Waals surface area contributed by atoms with E-state index in [9.17, 15) is 14.4 Å². The van der Waals surface area contributed by atoms with Crippen LogP contribution in [0.2, 0.25) is 0 Å². The number of nitrogens with zero attached hydrogens (tertiary/aromatic N) is 2. The zero-order valence-corrected chi connectivity index (χ0v) is 18.3. The number of aryl methyl sites for hydroxylation is 3. The first-order chi connectivity index (χ1) is 14.0. The molecule has 158 valence electrons. The van der Waals surface area contributed by atoms with Crippen molar-refractivity contribution >= 4 is 16.9 Å². The van der Waals surface area contributed by atoms with Gasteiger partial charge in [0.25, 0.3) is 11.5 Å². The van der Waals surface area contributed by atoms with E-state index in [2.05, 4.69) is 62.0 Å². The lowest BCUT2D eigenvalue weighted by Gasteiger charge is -2.22. The lowest BCUT2D eigenvalue weighted by molar-refractivity contribution is 0.0949. The van der Waals surface area contributed by atoms with Crippen LogP contribution in [0.15, 0.2) is 33.9 Å². The first kappa shape index (κ1) is 21.5. The van der Waals surface area contributed by atoms with Gasteiger partial charge in [-0.25, -0.2) is 9.78 Å². The molecule has 1 aromatic carbocycles. The fourth-order valence-corrected chi connectivity index (χ4v) is 3.56. The number of amides is 1. The number of carbonyl (C=O) groups is 1. The number of H-pyrrole nitrogens is 1. The topological polar surface area (TPSA) is 96.9 Å². The van der Waals surface area contributed by atoms with Crippen LogP contribution < -0.4 is 16.6 Å². The van der Waals surface area contributed by atoms with Crippen molar-refractivity contribution in [2.24, 2.45) is 7.05 Å². The summed E-state index contributed by atoms with van der Waals surface area (Å²) in [7, 11) is 1.50. The highest BCUT2D eigenvalue weighted by Gasteiger charge is 2.17. The lowest BCUT2D eigenvalue weighted by atomic mass is 9.83. The van der Waals surface area contributed by atoms with Gasteiger partial charge in [-0.05, 0) is 60.1 Å². The number of fused-ring (bicyclic) bond motifs is 1. The predicted molar refractivity (Wildman–Crippen MR) is 118 cm³/mol. The Kier molecular flexibility index (Phi) is 5.65. The average Bonchev–Trinajstić information content (AvgIpc) is 2.66. The van der Waals surface area contributed by atoms with Gasteiger partial charge in [-0.2, -0.15) is 0 Å². The number of nitrogens with one attached hydrogen (secondary N) is 2. The second kappa shape index (κ2) is 7.89. The van der Waals surface area contributed by atoms with Gasteiger partial charge in [-0.3, -0.25) is 19.1 Å². The molecule has 7 heteroatoms. The molecule has 2 aromatic heterocycles. The maximum Gasteiger partial charge on any atom is 0.329 e. The van der Waals surface area contributed by atoms with Crippen LogP contribution in [0.25, 0.3) is 11.0 Å². The Bertz CT molecular complexity index is 1220. The van der Waals surface area contributed by atoms with E-state index in [4.69, 9.17) is 0 Å². The lowest BCUT2D eigenvalue weighted by Crippen LogP contribution is -2.30. The van der Waals surface area contributed by atoms with Crippen molar-refractivity contribution in [1.82, 2.24) is 19.9 Å². The van der Waals surface area contributed by atoms with Crippen molar-refractivity contribution in [1.29, 1.82) is 0 Å². The van der Waals surface area contributed by atoms with Gasteiger partial charge in [-0.1, -0.05) is 32.9 Å². The van der Waals surface area contributed by atoms with Crippen LogP contribution in [0.4, 0.5) is 0 Å². The van der Waals surface area contributed by atoms with Crippen molar-refractivity contribution in [2.45, 2.75) is 46.5 Å². The smallest absolute Gasteiger partial charge is 0.329 e. The van der Waals surface area contributed by atoms with Crippen LogP contribution in [-0.2, 0) is 18.9 Å². The summed E-state index contributed by atoms with van der Waals surface area (Å²) in [5.41, 5.74) is 4.31. The normalized spacial score (nSPS) is 11.7. The molecule has 0 atom stereocenters. The van der Waals surface area contributed by atoms with Crippen molar-refractivity contribution in [2.75, 3.05) is 6.54 Å². The third-order valence-corrected chi connectivity index (χ3v) is 5.42. The summed E-state index contributed by atoms with van der Waals surface area (Å²) in [5.74, 6) is -0.341. The molecule has 0 aliphatic heterocycles. The Hall–Kier alpha value is -3.22. The number of aromatic amines is 1. The first-order valence-corrected chi connectivity index (χ1v) is 9.98. The first-order valence-electron chi connectivity index (χ1n) is 9.98. The van der Waals surface area contributed by atoms with Gasteiger partial charge in [0, 0.05) is 13.6 Å². The Morgan fingerprint density at radius 3 is 2.37 bits per heavy atom. The number of hydrogen-bond acceptors (Lipinski definition) is 4. The molecule has 1 amide bonds. The van der Waals surface area contributed by atoms with Gasteiger partial charge >= 0.3 is 5.69 Å². The average molecular weight is 409 g/mol. The molecule has 7 nitrogen and oxygen atoms in total. The Labute approximate surface area is 175 Å². The van der Waals surface area contributed by atoms with E-state index in [1.54, 1.807) is 0 Å². The third kappa shape index (κ3) is 4.20.